The van der Waals surface area contributed by atoms with Crippen LogP contribution in [0.5, 0.6) is 0 Å². The van der Waals surface area contributed by atoms with Crippen molar-refractivity contribution in [2.45, 2.75) is 24.8 Å². The van der Waals surface area contributed by atoms with Gasteiger partial charge in [-0.05, 0) is 26.0 Å². The van der Waals surface area contributed by atoms with Gasteiger partial charge >= 0.3 is 0 Å². The van der Waals surface area contributed by atoms with E-state index in [4.69, 9.17) is 8.94 Å². The Morgan fingerprint density at radius 3 is 2.68 bits per heavy atom. The topological polar surface area (TPSA) is 106 Å². The number of nitrogens with zero attached hydrogens (tertiary/aromatic N) is 1. The SMILES string of the molecule is Cc1noc(C)c1S(=O)(=O)NC(CO)c1ccco1. The summed E-state index contributed by atoms with van der Waals surface area (Å²) >= 11 is 0. The third-order valence-electron chi connectivity index (χ3n) is 2.60. The highest BCUT2D eigenvalue weighted by molar-refractivity contribution is 7.89. The van der Waals surface area contributed by atoms with Crippen molar-refractivity contribution in [3.8, 4) is 0 Å². The molecule has 0 aliphatic carbocycles. The Balaban J connectivity index is 2.31. The lowest BCUT2D eigenvalue weighted by Gasteiger charge is -2.13. The van der Waals surface area contributed by atoms with Crippen LogP contribution in [0.4, 0.5) is 0 Å². The van der Waals surface area contributed by atoms with E-state index in [0.29, 0.717) is 5.76 Å². The average molecular weight is 286 g/mol. The molecular weight excluding hydrogens is 272 g/mol. The lowest BCUT2D eigenvalue weighted by atomic mass is 10.2. The van der Waals surface area contributed by atoms with E-state index in [1.165, 1.54) is 20.1 Å². The van der Waals surface area contributed by atoms with Crippen molar-refractivity contribution in [1.82, 2.24) is 9.88 Å². The monoisotopic (exact) mass is 286 g/mol. The van der Waals surface area contributed by atoms with E-state index in [-0.39, 0.29) is 16.3 Å². The molecule has 0 spiro atoms. The van der Waals surface area contributed by atoms with Crippen LogP contribution in [0, 0.1) is 13.8 Å². The van der Waals surface area contributed by atoms with Crippen molar-refractivity contribution < 1.29 is 22.5 Å². The maximum absolute atomic E-state index is 12.2. The Kier molecular flexibility index (Phi) is 3.74. The van der Waals surface area contributed by atoms with Crippen LogP contribution in [0.1, 0.15) is 23.3 Å². The van der Waals surface area contributed by atoms with Gasteiger partial charge in [-0.25, -0.2) is 8.42 Å². The smallest absolute Gasteiger partial charge is 0.246 e. The van der Waals surface area contributed by atoms with E-state index in [1.54, 1.807) is 12.1 Å². The second-order valence-electron chi connectivity index (χ2n) is 4.03. The number of aliphatic hydroxyl groups is 1. The third-order valence-corrected chi connectivity index (χ3v) is 4.32. The molecule has 0 aromatic carbocycles. The Bertz CT molecular complexity index is 625. The van der Waals surface area contributed by atoms with Gasteiger partial charge in [0.25, 0.3) is 0 Å². The molecule has 104 valence electrons. The Morgan fingerprint density at radius 2 is 2.21 bits per heavy atom. The zero-order chi connectivity index (χ0) is 14.0. The summed E-state index contributed by atoms with van der Waals surface area (Å²) in [5.74, 6) is 0.527. The summed E-state index contributed by atoms with van der Waals surface area (Å²) in [5.41, 5.74) is 0.265. The fourth-order valence-electron chi connectivity index (χ4n) is 1.78. The molecule has 2 aromatic rings. The fourth-order valence-corrected chi connectivity index (χ4v) is 3.30. The Hall–Kier alpha value is -1.64. The number of aryl methyl sites for hydroxylation is 2. The van der Waals surface area contributed by atoms with Crippen LogP contribution < -0.4 is 4.72 Å². The minimum Gasteiger partial charge on any atom is -0.468 e. The maximum Gasteiger partial charge on any atom is 0.246 e. The van der Waals surface area contributed by atoms with Crippen molar-refractivity contribution in [2.24, 2.45) is 0 Å². The summed E-state index contributed by atoms with van der Waals surface area (Å²) in [7, 11) is -3.84. The Morgan fingerprint density at radius 1 is 1.47 bits per heavy atom. The summed E-state index contributed by atoms with van der Waals surface area (Å²) in [4.78, 5) is -0.0162. The van der Waals surface area contributed by atoms with Gasteiger partial charge in [0.15, 0.2) is 5.76 Å². The minimum atomic E-state index is -3.84. The van der Waals surface area contributed by atoms with E-state index in [0.717, 1.165) is 0 Å². The van der Waals surface area contributed by atoms with Crippen LogP contribution >= 0.6 is 0 Å². The summed E-state index contributed by atoms with van der Waals surface area (Å²) in [6.45, 7) is 2.62. The molecule has 0 bridgehead atoms. The summed E-state index contributed by atoms with van der Waals surface area (Å²) in [5, 5.41) is 12.9. The molecule has 0 aliphatic rings. The van der Waals surface area contributed by atoms with Gasteiger partial charge in [-0.2, -0.15) is 4.72 Å². The summed E-state index contributed by atoms with van der Waals surface area (Å²) in [6, 6.07) is 2.34. The predicted octanol–water partition coefficient (Wildman–Crippen LogP) is 0.896. The summed E-state index contributed by atoms with van der Waals surface area (Å²) < 4.78 is 36.7. The van der Waals surface area contributed by atoms with Crippen LogP contribution in [0.2, 0.25) is 0 Å². The van der Waals surface area contributed by atoms with Gasteiger partial charge < -0.3 is 14.0 Å². The lowest BCUT2D eigenvalue weighted by molar-refractivity contribution is 0.241. The molecule has 0 aliphatic heterocycles. The molecule has 7 nitrogen and oxygen atoms in total. The van der Waals surface area contributed by atoms with Crippen molar-refractivity contribution >= 4 is 10.0 Å². The molecular formula is C11H14N2O5S. The molecule has 2 rings (SSSR count). The molecule has 1 atom stereocenters. The number of sulfonamides is 1. The quantitative estimate of drug-likeness (QED) is 0.845. The van der Waals surface area contributed by atoms with Crippen LogP contribution in [0.25, 0.3) is 0 Å². The highest BCUT2D eigenvalue weighted by Gasteiger charge is 2.28. The highest BCUT2D eigenvalue weighted by atomic mass is 32.2. The molecule has 2 N–H and O–H groups in total. The molecule has 0 fully saturated rings. The van der Waals surface area contributed by atoms with Crippen LogP contribution in [0.3, 0.4) is 0 Å². The molecule has 8 heteroatoms. The first-order valence-electron chi connectivity index (χ1n) is 5.55. The molecule has 0 saturated carbocycles. The van der Waals surface area contributed by atoms with Crippen molar-refractivity contribution in [1.29, 1.82) is 0 Å². The fraction of sp³-hybridized carbons (Fsp3) is 0.364. The first-order chi connectivity index (χ1) is 8.95. The normalized spacial score (nSPS) is 13.6. The minimum absolute atomic E-state index is 0.0162. The number of hydrogen-bond acceptors (Lipinski definition) is 6. The number of aromatic nitrogens is 1. The zero-order valence-corrected chi connectivity index (χ0v) is 11.3. The van der Waals surface area contributed by atoms with Gasteiger partial charge in [0.1, 0.15) is 22.4 Å². The van der Waals surface area contributed by atoms with Crippen molar-refractivity contribution in [3.63, 3.8) is 0 Å². The van der Waals surface area contributed by atoms with Gasteiger partial charge in [-0.15, -0.1) is 0 Å². The largest absolute Gasteiger partial charge is 0.468 e. The second kappa shape index (κ2) is 5.16. The van der Waals surface area contributed by atoms with Crippen LogP contribution in [-0.4, -0.2) is 25.3 Å². The van der Waals surface area contributed by atoms with E-state index < -0.39 is 22.7 Å². The third kappa shape index (κ3) is 2.70. The van der Waals surface area contributed by atoms with Crippen LogP contribution in [0.15, 0.2) is 32.2 Å². The van der Waals surface area contributed by atoms with Gasteiger partial charge in [-0.3, -0.25) is 0 Å². The molecule has 0 amide bonds. The first-order valence-corrected chi connectivity index (χ1v) is 7.03. The molecule has 0 saturated heterocycles. The van der Waals surface area contributed by atoms with Crippen LogP contribution in [-0.2, 0) is 10.0 Å². The molecule has 2 aromatic heterocycles. The molecule has 0 radical (unpaired) electrons. The second-order valence-corrected chi connectivity index (χ2v) is 5.68. The number of aliphatic hydroxyl groups excluding tert-OH is 1. The van der Waals surface area contributed by atoms with E-state index >= 15 is 0 Å². The number of furan rings is 1. The molecule has 2 heterocycles. The molecule has 19 heavy (non-hydrogen) atoms. The lowest BCUT2D eigenvalue weighted by Crippen LogP contribution is -2.31. The van der Waals surface area contributed by atoms with E-state index in [2.05, 4.69) is 9.88 Å². The maximum atomic E-state index is 12.2. The molecule has 1 unspecified atom stereocenters. The van der Waals surface area contributed by atoms with Gasteiger partial charge in [-0.1, -0.05) is 5.16 Å². The number of hydrogen-bond donors (Lipinski definition) is 2. The van der Waals surface area contributed by atoms with Crippen molar-refractivity contribution in [2.75, 3.05) is 6.61 Å². The van der Waals surface area contributed by atoms with E-state index in [9.17, 15) is 13.5 Å². The predicted molar refractivity (Wildman–Crippen MR) is 64.8 cm³/mol. The standard InChI is InChI=1S/C11H14N2O5S/c1-7-11(8(2)18-12-7)19(15,16)13-9(6-14)10-4-3-5-17-10/h3-5,9,13-14H,6H2,1-2H3. The average Bonchev–Trinajstić information content (AvgIpc) is 2.96. The van der Waals surface area contributed by atoms with Gasteiger partial charge in [0.2, 0.25) is 10.0 Å². The zero-order valence-electron chi connectivity index (χ0n) is 10.5. The van der Waals surface area contributed by atoms with Crippen molar-refractivity contribution in [3.05, 3.63) is 35.6 Å². The highest BCUT2D eigenvalue weighted by Crippen LogP contribution is 2.22. The first kappa shape index (κ1) is 13.8. The van der Waals surface area contributed by atoms with Gasteiger partial charge in [0.05, 0.1) is 12.9 Å². The summed E-state index contributed by atoms with van der Waals surface area (Å²) in [6.07, 6.45) is 1.40. The van der Waals surface area contributed by atoms with Gasteiger partial charge in [0, 0.05) is 0 Å². The Labute approximate surface area is 110 Å². The van der Waals surface area contributed by atoms with E-state index in [1.807, 2.05) is 0 Å². The number of nitrogens with one attached hydrogen (secondary N) is 1. The number of rotatable bonds is 5.